The molecular weight excluding hydrogens is 282 g/mol. The smallest absolute Gasteiger partial charge is 0.265 e. The molecule has 1 aromatic carbocycles. The fraction of sp³-hybridized carbons (Fsp3) is 0.235. The summed E-state index contributed by atoms with van der Waals surface area (Å²) >= 11 is 1.31. The van der Waals surface area contributed by atoms with Gasteiger partial charge in [0.1, 0.15) is 6.61 Å². The van der Waals surface area contributed by atoms with Gasteiger partial charge in [-0.05, 0) is 35.7 Å². The van der Waals surface area contributed by atoms with E-state index in [0.29, 0.717) is 10.8 Å². The summed E-state index contributed by atoms with van der Waals surface area (Å²) in [5.74, 6) is 5.69. The van der Waals surface area contributed by atoms with Crippen molar-refractivity contribution >= 4 is 22.9 Å². The van der Waals surface area contributed by atoms with E-state index >= 15 is 0 Å². The molecule has 0 atom stereocenters. The molecule has 0 radical (unpaired) electrons. The lowest BCUT2D eigenvalue weighted by Gasteiger charge is -2.07. The second kappa shape index (κ2) is 7.07. The molecule has 0 aliphatic rings. The van der Waals surface area contributed by atoms with Gasteiger partial charge in [-0.2, -0.15) is 0 Å². The topological polar surface area (TPSA) is 49.3 Å². The number of hydrogen-bond acceptors (Lipinski definition) is 3. The Labute approximate surface area is 128 Å². The Kier molecular flexibility index (Phi) is 5.15. The number of aliphatic hydroxyl groups is 1. The minimum atomic E-state index is -0.179. The molecule has 2 rings (SSSR count). The Balaban J connectivity index is 2.05. The van der Waals surface area contributed by atoms with E-state index < -0.39 is 0 Å². The molecule has 21 heavy (non-hydrogen) atoms. The number of carbonyl (C=O) groups is 1. The SMILES string of the molecule is CC(C)c1ccc(NC(=O)c2ccc(C#CCO)s2)cc1. The van der Waals surface area contributed by atoms with Crippen LogP contribution in [0.5, 0.6) is 0 Å². The molecule has 0 unspecified atom stereocenters. The predicted molar refractivity (Wildman–Crippen MR) is 86.8 cm³/mol. The number of anilines is 1. The van der Waals surface area contributed by atoms with Crippen LogP contribution in [0.1, 0.15) is 39.9 Å². The molecule has 0 aliphatic carbocycles. The first-order valence-corrected chi connectivity index (χ1v) is 7.52. The molecule has 2 aromatic rings. The standard InChI is InChI=1S/C17H17NO2S/c1-12(2)13-5-7-14(8-6-13)18-17(20)16-10-9-15(21-16)4-3-11-19/h5-10,12,19H,11H2,1-2H3,(H,18,20). The van der Waals surface area contributed by atoms with E-state index in [-0.39, 0.29) is 12.5 Å². The summed E-state index contributed by atoms with van der Waals surface area (Å²) in [4.78, 5) is 13.5. The lowest BCUT2D eigenvalue weighted by Crippen LogP contribution is -2.09. The van der Waals surface area contributed by atoms with Crippen LogP contribution in [0.3, 0.4) is 0 Å². The van der Waals surface area contributed by atoms with Crippen molar-refractivity contribution in [3.05, 3.63) is 51.7 Å². The molecule has 2 N–H and O–H groups in total. The maximum atomic E-state index is 12.1. The molecule has 3 nitrogen and oxygen atoms in total. The first kappa shape index (κ1) is 15.3. The van der Waals surface area contributed by atoms with Crippen LogP contribution in [0.2, 0.25) is 0 Å². The van der Waals surface area contributed by atoms with Crippen LogP contribution >= 0.6 is 11.3 Å². The molecule has 0 saturated carbocycles. The fourth-order valence-electron chi connectivity index (χ4n) is 1.80. The summed E-state index contributed by atoms with van der Waals surface area (Å²) in [7, 11) is 0. The maximum Gasteiger partial charge on any atom is 0.265 e. The molecule has 0 aliphatic heterocycles. The number of carbonyl (C=O) groups excluding carboxylic acids is 1. The van der Waals surface area contributed by atoms with Crippen LogP contribution in [0.4, 0.5) is 5.69 Å². The average Bonchev–Trinajstić information content (AvgIpc) is 2.94. The normalized spacial score (nSPS) is 10.1. The van der Waals surface area contributed by atoms with Crippen molar-refractivity contribution in [2.24, 2.45) is 0 Å². The van der Waals surface area contributed by atoms with E-state index in [1.165, 1.54) is 16.9 Å². The third kappa shape index (κ3) is 4.19. The van der Waals surface area contributed by atoms with Crippen molar-refractivity contribution in [2.75, 3.05) is 11.9 Å². The van der Waals surface area contributed by atoms with E-state index in [9.17, 15) is 4.79 Å². The Hall–Kier alpha value is -2.09. The van der Waals surface area contributed by atoms with Gasteiger partial charge in [-0.1, -0.05) is 37.8 Å². The fourth-order valence-corrected chi connectivity index (χ4v) is 2.57. The van der Waals surface area contributed by atoms with Gasteiger partial charge in [-0.15, -0.1) is 11.3 Å². The van der Waals surface area contributed by atoms with E-state index in [4.69, 9.17) is 5.11 Å². The summed E-state index contributed by atoms with van der Waals surface area (Å²) in [5, 5.41) is 11.5. The van der Waals surface area contributed by atoms with Crippen molar-refractivity contribution in [1.29, 1.82) is 0 Å². The van der Waals surface area contributed by atoms with Gasteiger partial charge in [0.05, 0.1) is 9.75 Å². The summed E-state index contributed by atoms with van der Waals surface area (Å²) in [6.45, 7) is 4.09. The zero-order valence-electron chi connectivity index (χ0n) is 12.0. The van der Waals surface area contributed by atoms with Crippen LogP contribution in [0.15, 0.2) is 36.4 Å². The Morgan fingerprint density at radius 1 is 1.24 bits per heavy atom. The van der Waals surface area contributed by atoms with Crippen LogP contribution in [0, 0.1) is 11.8 Å². The highest BCUT2D eigenvalue weighted by Crippen LogP contribution is 2.20. The van der Waals surface area contributed by atoms with Gasteiger partial charge in [0.25, 0.3) is 5.91 Å². The molecule has 1 aromatic heterocycles. The van der Waals surface area contributed by atoms with Gasteiger partial charge < -0.3 is 10.4 Å². The first-order chi connectivity index (χ1) is 10.1. The maximum absolute atomic E-state index is 12.1. The molecule has 0 saturated heterocycles. The van der Waals surface area contributed by atoms with Crippen molar-refractivity contribution in [3.8, 4) is 11.8 Å². The van der Waals surface area contributed by atoms with Crippen LogP contribution in [-0.2, 0) is 0 Å². The predicted octanol–water partition coefficient (Wildman–Crippen LogP) is 3.47. The van der Waals surface area contributed by atoms with E-state index in [0.717, 1.165) is 10.6 Å². The molecule has 0 spiro atoms. The number of rotatable bonds is 3. The summed E-state index contributed by atoms with van der Waals surface area (Å²) in [5.41, 5.74) is 2.02. The summed E-state index contributed by atoms with van der Waals surface area (Å²) < 4.78 is 0. The number of amides is 1. The second-order valence-corrected chi connectivity index (χ2v) is 5.94. The van der Waals surface area contributed by atoms with E-state index in [1.807, 2.05) is 24.3 Å². The van der Waals surface area contributed by atoms with E-state index in [2.05, 4.69) is 31.0 Å². The van der Waals surface area contributed by atoms with Crippen molar-refractivity contribution < 1.29 is 9.90 Å². The monoisotopic (exact) mass is 299 g/mol. The highest BCUT2D eigenvalue weighted by atomic mass is 32.1. The number of nitrogens with one attached hydrogen (secondary N) is 1. The summed E-state index contributed by atoms with van der Waals surface area (Å²) in [6.07, 6.45) is 0. The van der Waals surface area contributed by atoms with Gasteiger partial charge in [0.15, 0.2) is 0 Å². The number of hydrogen-bond donors (Lipinski definition) is 2. The Morgan fingerprint density at radius 2 is 1.95 bits per heavy atom. The van der Waals surface area contributed by atoms with E-state index in [1.54, 1.807) is 12.1 Å². The van der Waals surface area contributed by atoms with Crippen molar-refractivity contribution in [2.45, 2.75) is 19.8 Å². The second-order valence-electron chi connectivity index (χ2n) is 4.85. The van der Waals surface area contributed by atoms with Gasteiger partial charge in [0, 0.05) is 5.69 Å². The number of thiophene rings is 1. The van der Waals surface area contributed by atoms with Gasteiger partial charge in [0.2, 0.25) is 0 Å². The lowest BCUT2D eigenvalue weighted by molar-refractivity contribution is 0.103. The van der Waals surface area contributed by atoms with Crippen LogP contribution in [0.25, 0.3) is 0 Å². The minimum Gasteiger partial charge on any atom is -0.384 e. The van der Waals surface area contributed by atoms with Gasteiger partial charge in [-0.25, -0.2) is 0 Å². The Morgan fingerprint density at radius 3 is 2.57 bits per heavy atom. The van der Waals surface area contributed by atoms with Crippen molar-refractivity contribution in [3.63, 3.8) is 0 Å². The Bertz CT molecular complexity index is 675. The quantitative estimate of drug-likeness (QED) is 0.853. The molecule has 108 valence electrons. The van der Waals surface area contributed by atoms with Crippen LogP contribution in [-0.4, -0.2) is 17.6 Å². The molecule has 1 amide bonds. The number of aliphatic hydroxyl groups excluding tert-OH is 1. The molecule has 0 fully saturated rings. The first-order valence-electron chi connectivity index (χ1n) is 6.71. The number of benzene rings is 1. The molecule has 0 bridgehead atoms. The lowest BCUT2D eigenvalue weighted by atomic mass is 10.0. The third-order valence-corrected chi connectivity index (χ3v) is 3.96. The zero-order chi connectivity index (χ0) is 15.2. The molecular formula is C17H17NO2S. The van der Waals surface area contributed by atoms with Gasteiger partial charge in [-0.3, -0.25) is 4.79 Å². The highest BCUT2D eigenvalue weighted by Gasteiger charge is 2.09. The zero-order valence-corrected chi connectivity index (χ0v) is 12.8. The largest absolute Gasteiger partial charge is 0.384 e. The summed E-state index contributed by atoms with van der Waals surface area (Å²) in [6, 6.07) is 11.4. The minimum absolute atomic E-state index is 0.144. The van der Waals surface area contributed by atoms with Gasteiger partial charge >= 0.3 is 0 Å². The molecule has 4 heteroatoms. The van der Waals surface area contributed by atoms with Crippen molar-refractivity contribution in [1.82, 2.24) is 0 Å². The van der Waals surface area contributed by atoms with Crippen LogP contribution < -0.4 is 5.32 Å². The highest BCUT2D eigenvalue weighted by molar-refractivity contribution is 7.14. The third-order valence-electron chi connectivity index (χ3n) is 2.96. The molecule has 1 heterocycles. The average molecular weight is 299 g/mol.